The summed E-state index contributed by atoms with van der Waals surface area (Å²) in [4.78, 5) is 41.6. The predicted octanol–water partition coefficient (Wildman–Crippen LogP) is 4.00. The fourth-order valence-corrected chi connectivity index (χ4v) is 7.27. The van der Waals surface area contributed by atoms with Crippen LogP contribution in [0.5, 0.6) is 0 Å². The van der Waals surface area contributed by atoms with Crippen molar-refractivity contribution >= 4 is 24.8 Å². The Morgan fingerprint density at radius 1 is 1.28 bits per heavy atom. The third-order valence-corrected chi connectivity index (χ3v) is 9.83. The van der Waals surface area contributed by atoms with E-state index in [9.17, 15) is 24.1 Å². The number of guanidine groups is 1. The maximum Gasteiger partial charge on any atom is 0.481 e. The van der Waals surface area contributed by atoms with Gasteiger partial charge in [0.25, 0.3) is 5.96 Å². The number of ketones is 1. The summed E-state index contributed by atoms with van der Waals surface area (Å²) < 4.78 is 27.0. The second-order valence-electron chi connectivity index (χ2n) is 13.6. The number of hydrogen-bond donors (Lipinski definition) is 3. The molecular formula is C30H45BFN5O6. The molecule has 2 bridgehead atoms. The van der Waals surface area contributed by atoms with Crippen molar-refractivity contribution in [1.29, 1.82) is 0 Å². The standard InChI is InChI=1S/C30H45BFN5O6/c1-17(2)12-26(31-42-25-16-21-15-24(29(21,4)5)30(25,6)43-31)35-27(39)20(8-7-11-34-28(33)36-37(40)41)14-23(38)19-9-10-22(32)18(3)13-19/h9-10,13,17,20-21,24-26H,7-8,11-12,14-16H2,1-6H3,(H,35,39)(H3,33,34,36)/t20-,21+,24+,25-,26+,30+/m1/s1. The van der Waals surface area contributed by atoms with Crippen LogP contribution in [-0.2, 0) is 14.1 Å². The SMILES string of the molecule is Cc1cc(C(=O)C[C@@H](CCCN=C(N)N[N+](=O)[O-])C(=O)N[C@@H](CC(C)C)B2O[C@@H]3C[C@@H]4C[C@@H](C4(C)C)[C@]3(C)O2)ccc1F. The van der Waals surface area contributed by atoms with Crippen LogP contribution in [0.2, 0.25) is 0 Å². The van der Waals surface area contributed by atoms with E-state index in [1.54, 1.807) is 12.3 Å². The third kappa shape index (κ3) is 7.20. The number of nitrogens with two attached hydrogens (primary N) is 1. The Morgan fingerprint density at radius 3 is 2.63 bits per heavy atom. The van der Waals surface area contributed by atoms with Gasteiger partial charge in [0.1, 0.15) is 5.82 Å². The van der Waals surface area contributed by atoms with Gasteiger partial charge in [0.05, 0.1) is 17.6 Å². The van der Waals surface area contributed by atoms with E-state index in [1.165, 1.54) is 18.2 Å². The van der Waals surface area contributed by atoms with Crippen molar-refractivity contribution in [3.05, 3.63) is 45.3 Å². The van der Waals surface area contributed by atoms with Gasteiger partial charge < -0.3 is 20.4 Å². The summed E-state index contributed by atoms with van der Waals surface area (Å²) in [6.45, 7) is 12.6. The largest absolute Gasteiger partial charge is 0.481 e. The van der Waals surface area contributed by atoms with E-state index in [1.807, 2.05) is 0 Å². The molecule has 0 spiro atoms. The van der Waals surface area contributed by atoms with Crippen LogP contribution in [0.25, 0.3) is 0 Å². The molecule has 1 aliphatic heterocycles. The van der Waals surface area contributed by atoms with Crippen molar-refractivity contribution in [2.24, 2.45) is 39.8 Å². The fraction of sp³-hybridized carbons (Fsp3) is 0.700. The summed E-state index contributed by atoms with van der Waals surface area (Å²) in [5.74, 6) is -1.26. The zero-order valence-corrected chi connectivity index (χ0v) is 26.0. The number of nitrogens with one attached hydrogen (secondary N) is 2. The Bertz CT molecular complexity index is 1260. The summed E-state index contributed by atoms with van der Waals surface area (Å²) in [6.07, 6.45) is 3.20. The van der Waals surface area contributed by atoms with E-state index in [4.69, 9.17) is 15.0 Å². The van der Waals surface area contributed by atoms with Crippen molar-refractivity contribution in [1.82, 2.24) is 10.7 Å². The molecule has 0 unspecified atom stereocenters. The molecule has 3 aliphatic carbocycles. The van der Waals surface area contributed by atoms with Crippen molar-refractivity contribution in [2.75, 3.05) is 6.54 Å². The Morgan fingerprint density at radius 2 is 2.00 bits per heavy atom. The highest BCUT2D eigenvalue weighted by atomic mass is 19.1. The zero-order valence-electron chi connectivity index (χ0n) is 26.0. The van der Waals surface area contributed by atoms with Gasteiger partial charge in [-0.1, -0.05) is 33.1 Å². The number of rotatable bonds is 13. The number of carbonyl (C=O) groups is 2. The molecule has 11 nitrogen and oxygen atoms in total. The summed E-state index contributed by atoms with van der Waals surface area (Å²) >= 11 is 0. The number of Topliss-reactive ketones (excluding diaryl/α,β-unsaturated/α-hetero) is 1. The highest BCUT2D eigenvalue weighted by Crippen LogP contribution is 2.65. The second-order valence-corrected chi connectivity index (χ2v) is 13.6. The normalized spacial score (nSPS) is 27.2. The van der Waals surface area contributed by atoms with Gasteiger partial charge in [-0.25, -0.2) is 19.5 Å². The van der Waals surface area contributed by atoms with Crippen molar-refractivity contribution in [3.8, 4) is 0 Å². The number of nitrogens with zero attached hydrogens (tertiary/aromatic N) is 2. The number of benzene rings is 1. The maximum atomic E-state index is 13.8. The number of carbonyl (C=O) groups excluding carboxylic acids is 2. The average Bonchev–Trinajstić information content (AvgIpc) is 3.27. The highest BCUT2D eigenvalue weighted by molar-refractivity contribution is 6.47. The summed E-state index contributed by atoms with van der Waals surface area (Å²) in [5, 5.41) is 12.9. The number of halogens is 1. The molecule has 0 radical (unpaired) electrons. The van der Waals surface area contributed by atoms with Gasteiger partial charge in [0.15, 0.2) is 10.8 Å². The lowest BCUT2D eigenvalue weighted by Gasteiger charge is -2.64. The van der Waals surface area contributed by atoms with Crippen LogP contribution in [0.1, 0.15) is 89.1 Å². The molecule has 4 fully saturated rings. The number of hydrazine groups is 1. The van der Waals surface area contributed by atoms with Crippen LogP contribution in [0.15, 0.2) is 23.2 Å². The lowest BCUT2D eigenvalue weighted by atomic mass is 9.43. The van der Waals surface area contributed by atoms with Gasteiger partial charge in [0, 0.05) is 24.4 Å². The van der Waals surface area contributed by atoms with Crippen molar-refractivity contribution in [3.63, 3.8) is 0 Å². The average molecular weight is 602 g/mol. The van der Waals surface area contributed by atoms with Crippen LogP contribution >= 0.6 is 0 Å². The summed E-state index contributed by atoms with van der Waals surface area (Å²) in [6, 6.07) is 4.15. The van der Waals surface area contributed by atoms with Crippen LogP contribution < -0.4 is 16.5 Å². The molecule has 43 heavy (non-hydrogen) atoms. The van der Waals surface area contributed by atoms with Gasteiger partial charge in [0.2, 0.25) is 5.91 Å². The van der Waals surface area contributed by atoms with Gasteiger partial charge in [-0.2, -0.15) is 0 Å². The second kappa shape index (κ2) is 12.9. The summed E-state index contributed by atoms with van der Waals surface area (Å²) in [7, 11) is -0.606. The number of aliphatic imine (C=N–C) groups is 1. The lowest BCUT2D eigenvalue weighted by molar-refractivity contribution is -0.525. The van der Waals surface area contributed by atoms with E-state index in [2.05, 4.69) is 44.9 Å². The van der Waals surface area contributed by atoms with Crippen LogP contribution in [0.4, 0.5) is 4.39 Å². The quantitative estimate of drug-likeness (QED) is 0.0582. The first-order valence-corrected chi connectivity index (χ1v) is 15.3. The number of aryl methyl sites for hydroxylation is 1. The molecule has 6 atom stereocenters. The minimum atomic E-state index is -0.804. The minimum absolute atomic E-state index is 0.0315. The minimum Gasteiger partial charge on any atom is -0.404 e. The van der Waals surface area contributed by atoms with Gasteiger partial charge >= 0.3 is 7.12 Å². The van der Waals surface area contributed by atoms with Crippen LogP contribution in [0, 0.1) is 51.9 Å². The Kier molecular flexibility index (Phi) is 9.85. The predicted molar refractivity (Wildman–Crippen MR) is 161 cm³/mol. The molecule has 1 aromatic rings. The first kappa shape index (κ1) is 32.9. The fourth-order valence-electron chi connectivity index (χ4n) is 7.27. The van der Waals surface area contributed by atoms with E-state index >= 15 is 0 Å². The summed E-state index contributed by atoms with van der Waals surface area (Å²) in [5.41, 5.74) is 7.74. The highest BCUT2D eigenvalue weighted by Gasteiger charge is 2.68. The third-order valence-electron chi connectivity index (χ3n) is 9.83. The Balaban J connectivity index is 1.48. The van der Waals surface area contributed by atoms with Crippen LogP contribution in [-0.4, -0.2) is 54.0 Å². The lowest BCUT2D eigenvalue weighted by Crippen LogP contribution is -2.65. The van der Waals surface area contributed by atoms with Crippen molar-refractivity contribution in [2.45, 2.75) is 97.7 Å². The van der Waals surface area contributed by atoms with Crippen molar-refractivity contribution < 1.29 is 28.3 Å². The molecular weight excluding hydrogens is 556 g/mol. The Labute approximate surface area is 253 Å². The molecule has 0 aromatic heterocycles. The molecule has 4 aliphatic rings. The number of hydrogen-bond acceptors (Lipinski definition) is 7. The molecule has 13 heteroatoms. The monoisotopic (exact) mass is 601 g/mol. The molecule has 3 saturated carbocycles. The van der Waals surface area contributed by atoms with Gasteiger partial charge in [-0.05, 0) is 92.9 Å². The van der Waals surface area contributed by atoms with Crippen LogP contribution in [0.3, 0.4) is 0 Å². The Hall–Kier alpha value is -3.06. The first-order valence-electron chi connectivity index (χ1n) is 15.3. The molecule has 1 amide bonds. The molecule has 4 N–H and O–H groups in total. The first-order chi connectivity index (χ1) is 20.1. The molecule has 1 aromatic carbocycles. The zero-order chi connectivity index (χ0) is 31.7. The van der Waals surface area contributed by atoms with E-state index in [0.29, 0.717) is 35.8 Å². The van der Waals surface area contributed by atoms with E-state index in [0.717, 1.165) is 12.8 Å². The van der Waals surface area contributed by atoms with Gasteiger partial charge in [-0.3, -0.25) is 9.59 Å². The molecule has 5 rings (SSSR count). The number of nitro groups is 1. The molecule has 236 valence electrons. The molecule has 1 heterocycles. The maximum absolute atomic E-state index is 13.8. The van der Waals surface area contributed by atoms with E-state index in [-0.39, 0.29) is 54.5 Å². The topological polar surface area (TPSA) is 158 Å². The smallest absolute Gasteiger partial charge is 0.404 e. The van der Waals surface area contributed by atoms with E-state index < -0.39 is 35.4 Å². The van der Waals surface area contributed by atoms with Gasteiger partial charge in [-0.15, -0.1) is 0 Å². The number of amides is 1. The molecule has 1 saturated heterocycles.